The number of fused-ring (bicyclic) bond motifs is 2. The Morgan fingerprint density at radius 3 is 3.10 bits per heavy atom. The van der Waals surface area contributed by atoms with Gasteiger partial charge in [0, 0.05) is 12.1 Å². The van der Waals surface area contributed by atoms with E-state index < -0.39 is 0 Å². The van der Waals surface area contributed by atoms with Gasteiger partial charge in [-0.1, -0.05) is 6.42 Å². The van der Waals surface area contributed by atoms with Crippen LogP contribution in [0.15, 0.2) is 4.99 Å². The van der Waals surface area contributed by atoms with Crippen LogP contribution in [-0.4, -0.2) is 18.0 Å². The highest BCUT2D eigenvalue weighted by Crippen LogP contribution is 2.27. The summed E-state index contributed by atoms with van der Waals surface area (Å²) >= 11 is 0. The van der Waals surface area contributed by atoms with Gasteiger partial charge in [-0.05, 0) is 19.3 Å². The molecule has 1 aliphatic heterocycles. The lowest BCUT2D eigenvalue weighted by molar-refractivity contribution is -0.126. The van der Waals surface area contributed by atoms with Crippen molar-refractivity contribution in [1.82, 2.24) is 0 Å². The average Bonchev–Trinajstić information content (AvgIpc) is 1.86. The molecule has 1 saturated carbocycles. The maximum absolute atomic E-state index is 11.3. The summed E-state index contributed by atoms with van der Waals surface area (Å²) in [7, 11) is 0. The van der Waals surface area contributed by atoms with E-state index in [1.807, 2.05) is 6.21 Å². The van der Waals surface area contributed by atoms with Gasteiger partial charge in [0.1, 0.15) is 6.04 Å². The number of aliphatic imine (C=N–C) groups is 1. The Bertz CT molecular complexity index is 186. The van der Waals surface area contributed by atoms with E-state index in [0.29, 0.717) is 11.7 Å². The zero-order chi connectivity index (χ0) is 6.97. The highest BCUT2D eigenvalue weighted by molar-refractivity contribution is 5.92. The monoisotopic (exact) mass is 137 g/mol. The van der Waals surface area contributed by atoms with E-state index in [1.165, 1.54) is 6.42 Å². The molecule has 0 spiro atoms. The molecule has 0 aromatic heterocycles. The van der Waals surface area contributed by atoms with Crippen LogP contribution in [0.1, 0.15) is 25.7 Å². The van der Waals surface area contributed by atoms with Crippen LogP contribution in [0.4, 0.5) is 0 Å². The molecule has 2 nitrogen and oxygen atoms in total. The van der Waals surface area contributed by atoms with E-state index in [-0.39, 0.29) is 6.04 Å². The van der Waals surface area contributed by atoms with E-state index in [1.54, 1.807) is 0 Å². The maximum atomic E-state index is 11.3. The van der Waals surface area contributed by atoms with E-state index in [4.69, 9.17) is 0 Å². The lowest BCUT2D eigenvalue weighted by Gasteiger charge is -2.27. The Hall–Kier alpha value is -0.660. The molecule has 1 fully saturated rings. The SMILES string of the molecule is O=C1C2CC=NC1CCC2. The molecule has 54 valence electrons. The fourth-order valence-corrected chi connectivity index (χ4v) is 1.81. The first-order valence-corrected chi connectivity index (χ1v) is 3.93. The zero-order valence-electron chi connectivity index (χ0n) is 5.92. The van der Waals surface area contributed by atoms with Gasteiger partial charge in [0.2, 0.25) is 0 Å². The number of nitrogens with zero attached hydrogens (tertiary/aromatic N) is 1. The van der Waals surface area contributed by atoms with Gasteiger partial charge in [0.15, 0.2) is 5.78 Å². The summed E-state index contributed by atoms with van der Waals surface area (Å²) in [5.41, 5.74) is 0. The summed E-state index contributed by atoms with van der Waals surface area (Å²) in [6.45, 7) is 0. The Morgan fingerprint density at radius 2 is 2.40 bits per heavy atom. The molecule has 10 heavy (non-hydrogen) atoms. The van der Waals surface area contributed by atoms with Crippen LogP contribution in [0.25, 0.3) is 0 Å². The molecular weight excluding hydrogens is 126 g/mol. The van der Waals surface area contributed by atoms with E-state index in [9.17, 15) is 4.79 Å². The van der Waals surface area contributed by atoms with Gasteiger partial charge in [-0.3, -0.25) is 9.79 Å². The molecule has 2 atom stereocenters. The topological polar surface area (TPSA) is 29.4 Å². The summed E-state index contributed by atoms with van der Waals surface area (Å²) < 4.78 is 0. The molecule has 1 aliphatic carbocycles. The van der Waals surface area contributed by atoms with Crippen LogP contribution in [0.5, 0.6) is 0 Å². The smallest absolute Gasteiger partial charge is 0.160 e. The van der Waals surface area contributed by atoms with Gasteiger partial charge < -0.3 is 0 Å². The van der Waals surface area contributed by atoms with Crippen LogP contribution in [0.3, 0.4) is 0 Å². The minimum Gasteiger partial charge on any atom is -0.297 e. The molecule has 1 heterocycles. The predicted molar refractivity (Wildman–Crippen MR) is 39.2 cm³/mol. The number of hydrogen-bond acceptors (Lipinski definition) is 2. The molecular formula is C8H11NO. The third-order valence-corrected chi connectivity index (χ3v) is 2.44. The summed E-state index contributed by atoms with van der Waals surface area (Å²) in [5.74, 6) is 0.727. The fourth-order valence-electron chi connectivity index (χ4n) is 1.81. The molecule has 0 aromatic rings. The quantitative estimate of drug-likeness (QED) is 0.493. The Kier molecular flexibility index (Phi) is 1.33. The second kappa shape index (κ2) is 2.19. The van der Waals surface area contributed by atoms with Gasteiger partial charge in [-0.15, -0.1) is 0 Å². The molecule has 2 bridgehead atoms. The van der Waals surface area contributed by atoms with E-state index in [0.717, 1.165) is 19.3 Å². The highest BCUT2D eigenvalue weighted by Gasteiger charge is 2.32. The van der Waals surface area contributed by atoms with Crippen molar-refractivity contribution < 1.29 is 4.79 Å². The number of hydrogen-bond donors (Lipinski definition) is 0. The first kappa shape index (κ1) is 6.08. The lowest BCUT2D eigenvalue weighted by atomic mass is 9.81. The molecule has 2 heteroatoms. The number of carbonyl (C=O) groups is 1. The van der Waals surface area contributed by atoms with Crippen molar-refractivity contribution in [3.63, 3.8) is 0 Å². The summed E-state index contributed by atoms with van der Waals surface area (Å²) in [4.78, 5) is 15.4. The number of rotatable bonds is 0. The second-order valence-electron chi connectivity index (χ2n) is 3.11. The number of Topliss-reactive ketones (excluding diaryl/α,β-unsaturated/α-hetero) is 1. The first-order chi connectivity index (χ1) is 4.88. The molecule has 0 N–H and O–H groups in total. The van der Waals surface area contributed by atoms with Crippen LogP contribution in [0.2, 0.25) is 0 Å². The summed E-state index contributed by atoms with van der Waals surface area (Å²) in [6.07, 6.45) is 6.11. The largest absolute Gasteiger partial charge is 0.297 e. The molecule has 2 aliphatic rings. The van der Waals surface area contributed by atoms with Crippen molar-refractivity contribution in [2.75, 3.05) is 0 Å². The van der Waals surface area contributed by atoms with Crippen molar-refractivity contribution in [3.05, 3.63) is 0 Å². The second-order valence-corrected chi connectivity index (χ2v) is 3.11. The van der Waals surface area contributed by atoms with Crippen molar-refractivity contribution in [1.29, 1.82) is 0 Å². The first-order valence-electron chi connectivity index (χ1n) is 3.93. The molecule has 2 rings (SSSR count). The van der Waals surface area contributed by atoms with E-state index >= 15 is 0 Å². The third kappa shape index (κ3) is 0.789. The molecule has 0 amide bonds. The number of carbonyl (C=O) groups excluding carboxylic acids is 1. The fraction of sp³-hybridized carbons (Fsp3) is 0.750. The summed E-state index contributed by atoms with van der Waals surface area (Å²) in [6, 6.07) is 0.0486. The van der Waals surface area contributed by atoms with Gasteiger partial charge >= 0.3 is 0 Å². The van der Waals surface area contributed by atoms with Gasteiger partial charge in [0.05, 0.1) is 0 Å². The van der Waals surface area contributed by atoms with Crippen molar-refractivity contribution in [3.8, 4) is 0 Å². The van der Waals surface area contributed by atoms with Crippen molar-refractivity contribution in [2.24, 2.45) is 10.9 Å². The van der Waals surface area contributed by atoms with Crippen LogP contribution in [-0.2, 0) is 4.79 Å². The van der Waals surface area contributed by atoms with Gasteiger partial charge in [-0.2, -0.15) is 0 Å². The Morgan fingerprint density at radius 1 is 1.50 bits per heavy atom. The van der Waals surface area contributed by atoms with Crippen LogP contribution < -0.4 is 0 Å². The van der Waals surface area contributed by atoms with Crippen LogP contribution in [0, 0.1) is 5.92 Å². The van der Waals surface area contributed by atoms with Gasteiger partial charge in [-0.25, -0.2) is 0 Å². The summed E-state index contributed by atoms with van der Waals surface area (Å²) in [5, 5.41) is 0. The average molecular weight is 137 g/mol. The number of ketones is 1. The molecule has 0 radical (unpaired) electrons. The molecule has 0 aromatic carbocycles. The van der Waals surface area contributed by atoms with E-state index in [2.05, 4.69) is 4.99 Å². The maximum Gasteiger partial charge on any atom is 0.160 e. The van der Waals surface area contributed by atoms with Crippen molar-refractivity contribution in [2.45, 2.75) is 31.7 Å². The van der Waals surface area contributed by atoms with Gasteiger partial charge in [0.25, 0.3) is 0 Å². The zero-order valence-corrected chi connectivity index (χ0v) is 5.92. The minimum absolute atomic E-state index is 0.0486. The Balaban J connectivity index is 2.25. The standard InChI is InChI=1S/C8H11NO/c10-8-6-2-1-3-7(8)9-5-4-6/h5-7H,1-4H2. The van der Waals surface area contributed by atoms with Crippen LogP contribution >= 0.6 is 0 Å². The lowest BCUT2D eigenvalue weighted by Crippen LogP contribution is -2.34. The third-order valence-electron chi connectivity index (χ3n) is 2.44. The van der Waals surface area contributed by atoms with Crippen molar-refractivity contribution >= 4 is 12.0 Å². The predicted octanol–water partition coefficient (Wildman–Crippen LogP) is 1.20. The molecule has 2 unspecified atom stereocenters. The minimum atomic E-state index is 0.0486. The Labute approximate surface area is 60.3 Å². The molecule has 0 saturated heterocycles. The normalized spacial score (nSPS) is 38.2. The highest BCUT2D eigenvalue weighted by atomic mass is 16.1.